The van der Waals surface area contributed by atoms with Crippen LogP contribution < -0.4 is 4.74 Å². The van der Waals surface area contributed by atoms with Gasteiger partial charge in [-0.25, -0.2) is 0 Å². The third-order valence-corrected chi connectivity index (χ3v) is 4.31. The standard InChI is InChI=1S/C18H17N3O2S/c1-2-23-16-10-8-14(9-11-16)17(22)12-24-18-20-19-13-21(18)15-6-4-3-5-7-15/h3-11,13H,2,12H2,1H3. The molecule has 3 rings (SSSR count). The fraction of sp³-hybridized carbons (Fsp3) is 0.167. The molecular formula is C18H17N3O2S. The molecule has 1 heterocycles. The quantitative estimate of drug-likeness (QED) is 0.486. The molecule has 122 valence electrons. The molecule has 0 atom stereocenters. The second-order valence-electron chi connectivity index (χ2n) is 4.99. The Labute approximate surface area is 144 Å². The van der Waals surface area contributed by atoms with Gasteiger partial charge < -0.3 is 4.74 Å². The SMILES string of the molecule is CCOc1ccc(C(=O)CSc2nncn2-c2ccccc2)cc1. The van der Waals surface area contributed by atoms with Gasteiger partial charge in [0.15, 0.2) is 10.9 Å². The lowest BCUT2D eigenvalue weighted by molar-refractivity contribution is 0.102. The van der Waals surface area contributed by atoms with E-state index in [1.54, 1.807) is 18.5 Å². The number of benzene rings is 2. The average Bonchev–Trinajstić information content (AvgIpc) is 3.10. The second-order valence-corrected chi connectivity index (χ2v) is 5.93. The molecule has 0 amide bonds. The lowest BCUT2D eigenvalue weighted by Gasteiger charge is -2.06. The number of ketones is 1. The predicted octanol–water partition coefficient (Wildman–Crippen LogP) is 3.64. The van der Waals surface area contributed by atoms with Gasteiger partial charge in [-0.1, -0.05) is 30.0 Å². The van der Waals surface area contributed by atoms with E-state index in [0.29, 0.717) is 23.1 Å². The summed E-state index contributed by atoms with van der Waals surface area (Å²) in [7, 11) is 0. The fourth-order valence-electron chi connectivity index (χ4n) is 2.21. The molecule has 0 N–H and O–H groups in total. The van der Waals surface area contributed by atoms with Crippen LogP contribution in [0.25, 0.3) is 5.69 Å². The van der Waals surface area contributed by atoms with Gasteiger partial charge in [-0.2, -0.15) is 0 Å². The van der Waals surface area contributed by atoms with E-state index >= 15 is 0 Å². The molecule has 0 bridgehead atoms. The van der Waals surface area contributed by atoms with Gasteiger partial charge in [0.05, 0.1) is 12.4 Å². The Kier molecular flexibility index (Phi) is 5.28. The van der Waals surface area contributed by atoms with E-state index in [0.717, 1.165) is 11.4 Å². The first-order valence-corrected chi connectivity index (χ1v) is 8.61. The molecule has 24 heavy (non-hydrogen) atoms. The molecule has 1 aromatic heterocycles. The van der Waals surface area contributed by atoms with E-state index in [9.17, 15) is 4.79 Å². The smallest absolute Gasteiger partial charge is 0.196 e. The van der Waals surface area contributed by atoms with Crippen molar-refractivity contribution in [1.29, 1.82) is 0 Å². The molecule has 3 aromatic rings. The number of thioether (sulfide) groups is 1. The molecule has 0 spiro atoms. The Hall–Kier alpha value is -2.60. The van der Waals surface area contributed by atoms with Gasteiger partial charge in [-0.05, 0) is 43.3 Å². The van der Waals surface area contributed by atoms with Crippen LogP contribution in [-0.4, -0.2) is 32.9 Å². The number of hydrogen-bond donors (Lipinski definition) is 0. The van der Waals surface area contributed by atoms with E-state index in [4.69, 9.17) is 4.74 Å². The van der Waals surface area contributed by atoms with Crippen molar-refractivity contribution in [2.75, 3.05) is 12.4 Å². The van der Waals surface area contributed by atoms with Crippen molar-refractivity contribution < 1.29 is 9.53 Å². The molecule has 0 radical (unpaired) electrons. The van der Waals surface area contributed by atoms with Crippen molar-refractivity contribution >= 4 is 17.5 Å². The number of hydrogen-bond acceptors (Lipinski definition) is 5. The topological polar surface area (TPSA) is 57.0 Å². The second kappa shape index (κ2) is 7.79. The number of ether oxygens (including phenoxy) is 1. The monoisotopic (exact) mass is 339 g/mol. The van der Waals surface area contributed by atoms with E-state index in [1.807, 2.05) is 54.0 Å². The third-order valence-electron chi connectivity index (χ3n) is 3.37. The molecule has 2 aromatic carbocycles. The summed E-state index contributed by atoms with van der Waals surface area (Å²) in [5.41, 5.74) is 1.63. The molecule has 0 saturated carbocycles. The molecule has 0 aliphatic carbocycles. The number of rotatable bonds is 7. The summed E-state index contributed by atoms with van der Waals surface area (Å²) >= 11 is 1.37. The Morgan fingerprint density at radius 1 is 1.12 bits per heavy atom. The van der Waals surface area contributed by atoms with Crippen molar-refractivity contribution in [1.82, 2.24) is 14.8 Å². The minimum Gasteiger partial charge on any atom is -0.494 e. The Morgan fingerprint density at radius 3 is 2.58 bits per heavy atom. The predicted molar refractivity (Wildman–Crippen MR) is 94.0 cm³/mol. The summed E-state index contributed by atoms with van der Waals surface area (Å²) in [6, 6.07) is 17.0. The Balaban J connectivity index is 1.66. The zero-order chi connectivity index (χ0) is 16.8. The normalized spacial score (nSPS) is 10.5. The van der Waals surface area contributed by atoms with Gasteiger partial charge in [0.25, 0.3) is 0 Å². The summed E-state index contributed by atoms with van der Waals surface area (Å²) in [5.74, 6) is 1.12. The van der Waals surface area contributed by atoms with E-state index < -0.39 is 0 Å². The minimum atomic E-state index is 0.0469. The summed E-state index contributed by atoms with van der Waals surface area (Å²) in [6.45, 7) is 2.54. The first-order valence-electron chi connectivity index (χ1n) is 7.62. The zero-order valence-corrected chi connectivity index (χ0v) is 14.1. The molecule has 0 fully saturated rings. The number of carbonyl (C=O) groups excluding carboxylic acids is 1. The lowest BCUT2D eigenvalue weighted by atomic mass is 10.1. The van der Waals surface area contributed by atoms with Crippen molar-refractivity contribution in [3.8, 4) is 11.4 Å². The van der Waals surface area contributed by atoms with Crippen molar-refractivity contribution in [2.24, 2.45) is 0 Å². The molecule has 6 heteroatoms. The van der Waals surface area contributed by atoms with Gasteiger partial charge in [0, 0.05) is 11.3 Å². The minimum absolute atomic E-state index is 0.0469. The van der Waals surface area contributed by atoms with Gasteiger partial charge in [0.2, 0.25) is 0 Å². The van der Waals surface area contributed by atoms with Crippen molar-refractivity contribution in [2.45, 2.75) is 12.1 Å². The van der Waals surface area contributed by atoms with Crippen LogP contribution >= 0.6 is 11.8 Å². The Bertz CT molecular complexity index is 801. The first-order chi connectivity index (χ1) is 11.8. The number of para-hydroxylation sites is 1. The van der Waals surface area contributed by atoms with Crippen LogP contribution in [0.5, 0.6) is 5.75 Å². The molecule has 0 aliphatic heterocycles. The maximum atomic E-state index is 12.3. The number of Topliss-reactive ketones (excluding diaryl/α,β-unsaturated/α-hetero) is 1. The third kappa shape index (κ3) is 3.83. The van der Waals surface area contributed by atoms with Crippen LogP contribution in [-0.2, 0) is 0 Å². The van der Waals surface area contributed by atoms with Crippen LogP contribution in [0.4, 0.5) is 0 Å². The summed E-state index contributed by atoms with van der Waals surface area (Å²) in [6.07, 6.45) is 1.65. The van der Waals surface area contributed by atoms with Gasteiger partial charge in [0.1, 0.15) is 12.1 Å². The molecule has 5 nitrogen and oxygen atoms in total. The highest BCUT2D eigenvalue weighted by molar-refractivity contribution is 7.99. The van der Waals surface area contributed by atoms with Gasteiger partial charge in [-0.3, -0.25) is 9.36 Å². The summed E-state index contributed by atoms with van der Waals surface area (Å²) in [4.78, 5) is 12.3. The average molecular weight is 339 g/mol. The summed E-state index contributed by atoms with van der Waals surface area (Å²) < 4.78 is 7.26. The van der Waals surface area contributed by atoms with Crippen LogP contribution in [0.15, 0.2) is 66.1 Å². The summed E-state index contributed by atoms with van der Waals surface area (Å²) in [5, 5.41) is 8.74. The zero-order valence-electron chi connectivity index (χ0n) is 13.3. The fourth-order valence-corrected chi connectivity index (χ4v) is 3.03. The highest BCUT2D eigenvalue weighted by Gasteiger charge is 2.11. The van der Waals surface area contributed by atoms with E-state index in [1.165, 1.54) is 11.8 Å². The maximum Gasteiger partial charge on any atom is 0.196 e. The molecular weight excluding hydrogens is 322 g/mol. The van der Waals surface area contributed by atoms with Crippen LogP contribution in [0.2, 0.25) is 0 Å². The van der Waals surface area contributed by atoms with Crippen molar-refractivity contribution in [3.63, 3.8) is 0 Å². The molecule has 0 saturated heterocycles. The van der Waals surface area contributed by atoms with Gasteiger partial charge >= 0.3 is 0 Å². The van der Waals surface area contributed by atoms with E-state index in [2.05, 4.69) is 10.2 Å². The molecule has 0 unspecified atom stereocenters. The molecule has 0 aliphatic rings. The van der Waals surface area contributed by atoms with Crippen molar-refractivity contribution in [3.05, 3.63) is 66.5 Å². The first kappa shape index (κ1) is 16.3. The van der Waals surface area contributed by atoms with Crippen LogP contribution in [0.3, 0.4) is 0 Å². The van der Waals surface area contributed by atoms with E-state index in [-0.39, 0.29) is 5.78 Å². The van der Waals surface area contributed by atoms with Gasteiger partial charge in [-0.15, -0.1) is 10.2 Å². The van der Waals surface area contributed by atoms with Crippen LogP contribution in [0.1, 0.15) is 17.3 Å². The number of nitrogens with zero attached hydrogens (tertiary/aromatic N) is 3. The highest BCUT2D eigenvalue weighted by Crippen LogP contribution is 2.21. The number of aromatic nitrogens is 3. The Morgan fingerprint density at radius 2 is 1.88 bits per heavy atom. The highest BCUT2D eigenvalue weighted by atomic mass is 32.2. The van der Waals surface area contributed by atoms with Crippen LogP contribution in [0, 0.1) is 0 Å². The largest absolute Gasteiger partial charge is 0.494 e. The lowest BCUT2D eigenvalue weighted by Crippen LogP contribution is -2.04. The number of carbonyl (C=O) groups is 1. The maximum absolute atomic E-state index is 12.3.